The van der Waals surface area contributed by atoms with E-state index in [1.165, 1.54) is 12.1 Å². The Balaban J connectivity index is 2.62. The van der Waals surface area contributed by atoms with E-state index in [0.29, 0.717) is 5.69 Å². The Morgan fingerprint density at radius 1 is 1.26 bits per heavy atom. The Morgan fingerprint density at radius 3 is 2.21 bits per heavy atom. The molecule has 1 unspecified atom stereocenters. The van der Waals surface area contributed by atoms with Gasteiger partial charge in [0.2, 0.25) is 0 Å². The minimum atomic E-state index is -4.72. The quantitative estimate of drug-likeness (QED) is 0.907. The molecule has 19 heavy (non-hydrogen) atoms. The molecule has 1 aromatic rings. The number of rotatable bonds is 5. The molecule has 0 aromatic heterocycles. The fraction of sp³-hybridized carbons (Fsp3) is 0.455. The van der Waals surface area contributed by atoms with Crippen molar-refractivity contribution in [3.05, 3.63) is 24.3 Å². The van der Waals surface area contributed by atoms with E-state index >= 15 is 0 Å². The summed E-state index contributed by atoms with van der Waals surface area (Å²) in [5.74, 6) is -0.387. The van der Waals surface area contributed by atoms with Gasteiger partial charge >= 0.3 is 6.36 Å². The lowest BCUT2D eigenvalue weighted by Crippen LogP contribution is -2.25. The third kappa shape index (κ3) is 6.90. The Kier molecular flexibility index (Phi) is 4.67. The first-order valence-corrected chi connectivity index (χ1v) is 7.41. The second kappa shape index (κ2) is 5.68. The zero-order valence-electron chi connectivity index (χ0n) is 10.4. The maximum atomic E-state index is 11.9. The smallest absolute Gasteiger partial charge is 0.406 e. The van der Waals surface area contributed by atoms with Gasteiger partial charge in [-0.1, -0.05) is 0 Å². The number of hydrogen-bond acceptors (Lipinski definition) is 4. The van der Waals surface area contributed by atoms with Gasteiger partial charge in [-0.05, 0) is 31.2 Å². The minimum absolute atomic E-state index is 0.0617. The lowest BCUT2D eigenvalue weighted by atomic mass is 10.2. The summed E-state index contributed by atoms with van der Waals surface area (Å²) in [6, 6.07) is 4.75. The molecule has 0 aliphatic heterocycles. The van der Waals surface area contributed by atoms with Crippen LogP contribution in [-0.2, 0) is 9.84 Å². The Labute approximate surface area is 109 Å². The Bertz CT molecular complexity index is 511. The van der Waals surface area contributed by atoms with Crippen molar-refractivity contribution in [3.63, 3.8) is 0 Å². The van der Waals surface area contributed by atoms with Crippen molar-refractivity contribution in [2.24, 2.45) is 0 Å². The van der Waals surface area contributed by atoms with Crippen molar-refractivity contribution in [1.29, 1.82) is 0 Å². The van der Waals surface area contributed by atoms with Crippen LogP contribution in [-0.4, -0.2) is 32.8 Å². The van der Waals surface area contributed by atoms with Crippen LogP contribution >= 0.6 is 0 Å². The predicted molar refractivity (Wildman–Crippen MR) is 65.9 cm³/mol. The van der Waals surface area contributed by atoms with Crippen LogP contribution in [0.15, 0.2) is 24.3 Å². The van der Waals surface area contributed by atoms with Gasteiger partial charge in [0, 0.05) is 18.0 Å². The van der Waals surface area contributed by atoms with Crippen molar-refractivity contribution >= 4 is 15.5 Å². The van der Waals surface area contributed by atoms with Gasteiger partial charge in [0.25, 0.3) is 0 Å². The van der Waals surface area contributed by atoms with Gasteiger partial charge in [0.15, 0.2) is 0 Å². The molecule has 0 saturated heterocycles. The topological polar surface area (TPSA) is 55.4 Å². The van der Waals surface area contributed by atoms with E-state index in [2.05, 4.69) is 10.1 Å². The molecule has 0 aliphatic carbocycles. The number of nitrogens with one attached hydrogen (secondary N) is 1. The molecule has 0 amide bonds. The van der Waals surface area contributed by atoms with E-state index in [1.54, 1.807) is 6.92 Å². The summed E-state index contributed by atoms with van der Waals surface area (Å²) in [6.45, 7) is 1.67. The molecule has 8 heteroatoms. The molecule has 0 spiro atoms. The molecule has 0 fully saturated rings. The highest BCUT2D eigenvalue weighted by Crippen LogP contribution is 2.24. The lowest BCUT2D eigenvalue weighted by molar-refractivity contribution is -0.274. The number of ether oxygens (including phenoxy) is 1. The van der Waals surface area contributed by atoms with Gasteiger partial charge in [-0.25, -0.2) is 8.42 Å². The summed E-state index contributed by atoms with van der Waals surface area (Å²) in [7, 11) is -3.11. The van der Waals surface area contributed by atoms with E-state index in [-0.39, 0.29) is 17.5 Å². The summed E-state index contributed by atoms with van der Waals surface area (Å²) in [4.78, 5) is 0. The molecule has 0 saturated carbocycles. The van der Waals surface area contributed by atoms with Crippen molar-refractivity contribution < 1.29 is 26.3 Å². The average molecular weight is 297 g/mol. The highest BCUT2D eigenvalue weighted by Gasteiger charge is 2.30. The molecule has 0 bridgehead atoms. The van der Waals surface area contributed by atoms with Crippen LogP contribution in [0.2, 0.25) is 0 Å². The molecule has 108 valence electrons. The Morgan fingerprint density at radius 2 is 1.79 bits per heavy atom. The third-order valence-corrected chi connectivity index (χ3v) is 3.16. The summed E-state index contributed by atoms with van der Waals surface area (Å²) in [6.07, 6.45) is -3.61. The first-order valence-electron chi connectivity index (χ1n) is 5.35. The molecule has 0 radical (unpaired) electrons. The van der Waals surface area contributed by atoms with Gasteiger partial charge in [0.05, 0.1) is 5.75 Å². The normalized spacial score (nSPS) is 13.9. The van der Waals surface area contributed by atoms with Gasteiger partial charge in [-0.3, -0.25) is 0 Å². The maximum absolute atomic E-state index is 11.9. The molecule has 0 aliphatic rings. The molecule has 1 aromatic carbocycles. The van der Waals surface area contributed by atoms with Crippen LogP contribution in [0.1, 0.15) is 6.92 Å². The number of halogens is 3. The number of sulfone groups is 1. The van der Waals surface area contributed by atoms with Gasteiger partial charge in [-0.2, -0.15) is 0 Å². The third-order valence-electron chi connectivity index (χ3n) is 2.05. The Hall–Kier alpha value is -1.44. The second-order valence-corrected chi connectivity index (χ2v) is 6.39. The standard InChI is InChI=1S/C11H14F3NO3S/c1-8(7-19(2,16)17)15-9-3-5-10(6-4-9)18-11(12,13)14/h3-6,8,15H,7H2,1-2H3. The number of alkyl halides is 3. The fourth-order valence-electron chi connectivity index (χ4n) is 1.53. The van der Waals surface area contributed by atoms with Gasteiger partial charge in [-0.15, -0.1) is 13.2 Å². The zero-order valence-corrected chi connectivity index (χ0v) is 11.2. The van der Waals surface area contributed by atoms with Crippen LogP contribution in [0.3, 0.4) is 0 Å². The lowest BCUT2D eigenvalue weighted by Gasteiger charge is -2.15. The monoisotopic (exact) mass is 297 g/mol. The first-order chi connectivity index (χ1) is 8.55. The summed E-state index contributed by atoms with van der Waals surface area (Å²) in [5.41, 5.74) is 0.519. The van der Waals surface area contributed by atoms with Crippen LogP contribution in [0.4, 0.5) is 18.9 Å². The molecule has 0 heterocycles. The molecule has 1 rings (SSSR count). The van der Waals surface area contributed by atoms with Crippen molar-refractivity contribution in [2.45, 2.75) is 19.3 Å². The largest absolute Gasteiger partial charge is 0.573 e. The van der Waals surface area contributed by atoms with E-state index in [1.807, 2.05) is 0 Å². The van der Waals surface area contributed by atoms with E-state index in [9.17, 15) is 21.6 Å². The number of benzene rings is 1. The molecule has 1 atom stereocenters. The molecule has 4 nitrogen and oxygen atoms in total. The van der Waals surface area contributed by atoms with Crippen LogP contribution < -0.4 is 10.1 Å². The van der Waals surface area contributed by atoms with E-state index in [4.69, 9.17) is 0 Å². The first kappa shape index (κ1) is 15.6. The van der Waals surface area contributed by atoms with Crippen molar-refractivity contribution in [3.8, 4) is 5.75 Å². The number of anilines is 1. The summed E-state index contributed by atoms with van der Waals surface area (Å²) in [5, 5.41) is 2.87. The second-order valence-electron chi connectivity index (χ2n) is 4.21. The van der Waals surface area contributed by atoms with E-state index in [0.717, 1.165) is 18.4 Å². The highest BCUT2D eigenvalue weighted by molar-refractivity contribution is 7.90. The minimum Gasteiger partial charge on any atom is -0.406 e. The highest BCUT2D eigenvalue weighted by atomic mass is 32.2. The maximum Gasteiger partial charge on any atom is 0.573 e. The fourth-order valence-corrected chi connectivity index (χ4v) is 2.52. The zero-order chi connectivity index (χ0) is 14.7. The molecular weight excluding hydrogens is 283 g/mol. The van der Waals surface area contributed by atoms with Gasteiger partial charge < -0.3 is 10.1 Å². The predicted octanol–water partition coefficient (Wildman–Crippen LogP) is 2.43. The van der Waals surface area contributed by atoms with Crippen LogP contribution in [0.5, 0.6) is 5.75 Å². The number of hydrogen-bond donors (Lipinski definition) is 1. The molecule has 1 N–H and O–H groups in total. The summed E-state index contributed by atoms with van der Waals surface area (Å²) < 4.78 is 61.6. The molecular formula is C11H14F3NO3S. The van der Waals surface area contributed by atoms with E-state index < -0.39 is 16.2 Å². The van der Waals surface area contributed by atoms with Crippen molar-refractivity contribution in [1.82, 2.24) is 0 Å². The SMILES string of the molecule is CC(CS(C)(=O)=O)Nc1ccc(OC(F)(F)F)cc1. The van der Waals surface area contributed by atoms with Crippen LogP contribution in [0, 0.1) is 0 Å². The average Bonchev–Trinajstić information content (AvgIpc) is 2.15. The van der Waals surface area contributed by atoms with Crippen LogP contribution in [0.25, 0.3) is 0 Å². The van der Waals surface area contributed by atoms with Crippen molar-refractivity contribution in [2.75, 3.05) is 17.3 Å². The van der Waals surface area contributed by atoms with Gasteiger partial charge in [0.1, 0.15) is 15.6 Å². The summed E-state index contributed by atoms with van der Waals surface area (Å²) >= 11 is 0.